The Bertz CT molecular complexity index is 693. The zero-order chi connectivity index (χ0) is 16.3. The number of hydrogen-bond donors (Lipinski definition) is 2. The molecule has 0 unspecified atom stereocenters. The lowest BCUT2D eigenvalue weighted by atomic mass is 9.98. The second-order valence-electron chi connectivity index (χ2n) is 5.89. The fourth-order valence-electron chi connectivity index (χ4n) is 2.98. The van der Waals surface area contributed by atoms with Gasteiger partial charge in [0, 0.05) is 10.9 Å². The summed E-state index contributed by atoms with van der Waals surface area (Å²) >= 11 is 1.37. The van der Waals surface area contributed by atoms with Crippen LogP contribution in [0, 0.1) is 0 Å². The molecule has 0 atom stereocenters. The fraction of sp³-hybridized carbons (Fsp3) is 0.412. The summed E-state index contributed by atoms with van der Waals surface area (Å²) in [5.41, 5.74) is 0.816. The van der Waals surface area contributed by atoms with E-state index in [1.165, 1.54) is 11.3 Å². The number of aliphatic hydroxyl groups is 1. The van der Waals surface area contributed by atoms with Crippen LogP contribution in [-0.2, 0) is 4.79 Å². The maximum absolute atomic E-state index is 12.1. The molecular weight excluding hydrogens is 312 g/mol. The third kappa shape index (κ3) is 3.71. The molecule has 2 aromatic rings. The summed E-state index contributed by atoms with van der Waals surface area (Å²) in [7, 11) is 1.62. The van der Waals surface area contributed by atoms with Gasteiger partial charge in [0.05, 0.1) is 24.8 Å². The number of nitrogens with zero attached hydrogens (tertiary/aromatic N) is 1. The molecule has 1 amide bonds. The average Bonchev–Trinajstić information content (AvgIpc) is 3.16. The van der Waals surface area contributed by atoms with Crippen LogP contribution in [0.1, 0.15) is 32.1 Å². The van der Waals surface area contributed by atoms with Crippen molar-refractivity contribution in [1.29, 1.82) is 0 Å². The van der Waals surface area contributed by atoms with Crippen LogP contribution < -0.4 is 10.1 Å². The van der Waals surface area contributed by atoms with Crippen LogP contribution in [0.5, 0.6) is 5.75 Å². The van der Waals surface area contributed by atoms with Gasteiger partial charge in [-0.05, 0) is 25.0 Å². The first-order chi connectivity index (χ1) is 11.1. The van der Waals surface area contributed by atoms with Gasteiger partial charge in [-0.25, -0.2) is 4.98 Å². The quantitative estimate of drug-likeness (QED) is 0.880. The third-order valence-electron chi connectivity index (χ3n) is 4.16. The highest BCUT2D eigenvalue weighted by Crippen LogP contribution is 2.34. The van der Waals surface area contributed by atoms with E-state index in [1.54, 1.807) is 7.11 Å². The maximum Gasteiger partial charge on any atom is 0.229 e. The first-order valence-corrected chi connectivity index (χ1v) is 8.59. The highest BCUT2D eigenvalue weighted by molar-refractivity contribution is 7.14. The normalized spacial score (nSPS) is 16.3. The Hall–Kier alpha value is -1.92. The van der Waals surface area contributed by atoms with Gasteiger partial charge < -0.3 is 15.2 Å². The van der Waals surface area contributed by atoms with Crippen molar-refractivity contribution in [1.82, 2.24) is 4.98 Å². The van der Waals surface area contributed by atoms with Gasteiger partial charge in [-0.15, -0.1) is 11.3 Å². The lowest BCUT2D eigenvalue weighted by Crippen LogP contribution is -2.30. The number of carbonyl (C=O) groups excluding carboxylic acids is 1. The average molecular weight is 332 g/mol. The third-order valence-corrected chi connectivity index (χ3v) is 4.92. The molecule has 0 bridgehead atoms. The highest BCUT2D eigenvalue weighted by atomic mass is 32.1. The highest BCUT2D eigenvalue weighted by Gasteiger charge is 2.33. The predicted molar refractivity (Wildman–Crippen MR) is 90.8 cm³/mol. The molecule has 0 radical (unpaired) electrons. The Morgan fingerprint density at radius 2 is 2.13 bits per heavy atom. The summed E-state index contributed by atoms with van der Waals surface area (Å²) in [6, 6.07) is 7.63. The summed E-state index contributed by atoms with van der Waals surface area (Å²) in [6.07, 6.45) is 3.50. The van der Waals surface area contributed by atoms with Crippen molar-refractivity contribution in [2.24, 2.45) is 0 Å². The number of carbonyl (C=O) groups is 1. The summed E-state index contributed by atoms with van der Waals surface area (Å²) in [4.78, 5) is 16.6. The smallest absolute Gasteiger partial charge is 0.229 e. The number of thiazole rings is 1. The van der Waals surface area contributed by atoms with Crippen molar-refractivity contribution >= 4 is 22.4 Å². The van der Waals surface area contributed by atoms with Crippen LogP contribution in [-0.4, -0.2) is 28.7 Å². The molecule has 0 aliphatic heterocycles. The van der Waals surface area contributed by atoms with E-state index >= 15 is 0 Å². The van der Waals surface area contributed by atoms with E-state index in [0.29, 0.717) is 18.0 Å². The molecular formula is C17H20N2O3S. The summed E-state index contributed by atoms with van der Waals surface area (Å²) in [5, 5.41) is 15.5. The number of rotatable bonds is 5. The Morgan fingerprint density at radius 1 is 1.39 bits per heavy atom. The molecule has 1 aromatic heterocycles. The van der Waals surface area contributed by atoms with Crippen molar-refractivity contribution in [3.8, 4) is 17.0 Å². The number of ether oxygens (including phenoxy) is 1. The van der Waals surface area contributed by atoms with Crippen LogP contribution in [0.4, 0.5) is 5.13 Å². The van der Waals surface area contributed by atoms with Gasteiger partial charge in [-0.1, -0.05) is 25.0 Å². The Morgan fingerprint density at radius 3 is 2.87 bits per heavy atom. The van der Waals surface area contributed by atoms with Crippen LogP contribution in [0.15, 0.2) is 29.6 Å². The van der Waals surface area contributed by atoms with Gasteiger partial charge in [-0.2, -0.15) is 0 Å². The molecule has 122 valence electrons. The van der Waals surface area contributed by atoms with Gasteiger partial charge in [0.2, 0.25) is 5.91 Å². The van der Waals surface area contributed by atoms with E-state index in [2.05, 4.69) is 10.3 Å². The summed E-state index contributed by atoms with van der Waals surface area (Å²) in [5.74, 6) is 0.561. The van der Waals surface area contributed by atoms with E-state index in [1.807, 2.05) is 29.6 Å². The first-order valence-electron chi connectivity index (χ1n) is 7.71. The zero-order valence-corrected chi connectivity index (χ0v) is 13.9. The summed E-state index contributed by atoms with van der Waals surface area (Å²) in [6.45, 7) is 0. The SMILES string of the molecule is COc1ccccc1-c1csc(NC(=O)CC2(O)CCCC2)n1. The topological polar surface area (TPSA) is 71.5 Å². The monoisotopic (exact) mass is 332 g/mol. The molecule has 1 saturated carbocycles. The van der Waals surface area contributed by atoms with Crippen LogP contribution in [0.2, 0.25) is 0 Å². The van der Waals surface area contributed by atoms with Gasteiger partial charge in [0.25, 0.3) is 0 Å². The number of methoxy groups -OCH3 is 1. The Kier molecular flexibility index (Phi) is 4.63. The number of benzene rings is 1. The molecule has 0 saturated heterocycles. The van der Waals surface area contributed by atoms with E-state index in [0.717, 1.165) is 29.8 Å². The molecule has 1 heterocycles. The van der Waals surface area contributed by atoms with Crippen LogP contribution >= 0.6 is 11.3 Å². The van der Waals surface area contributed by atoms with Crippen molar-refractivity contribution in [2.45, 2.75) is 37.7 Å². The molecule has 1 aliphatic rings. The van der Waals surface area contributed by atoms with E-state index in [-0.39, 0.29) is 12.3 Å². The molecule has 1 aliphatic carbocycles. The number of nitrogens with one attached hydrogen (secondary N) is 1. The minimum absolute atomic E-state index is 0.135. The van der Waals surface area contributed by atoms with Crippen molar-refractivity contribution in [2.75, 3.05) is 12.4 Å². The van der Waals surface area contributed by atoms with Crippen molar-refractivity contribution in [3.05, 3.63) is 29.6 Å². The lowest BCUT2D eigenvalue weighted by Gasteiger charge is -2.20. The number of amides is 1. The predicted octanol–water partition coefficient (Wildman–Crippen LogP) is 3.45. The van der Waals surface area contributed by atoms with Crippen molar-refractivity contribution < 1.29 is 14.6 Å². The van der Waals surface area contributed by atoms with E-state index in [9.17, 15) is 9.90 Å². The Balaban J connectivity index is 1.68. The summed E-state index contributed by atoms with van der Waals surface area (Å²) < 4.78 is 5.34. The van der Waals surface area contributed by atoms with Crippen molar-refractivity contribution in [3.63, 3.8) is 0 Å². The minimum Gasteiger partial charge on any atom is -0.496 e. The second kappa shape index (κ2) is 6.68. The number of para-hydroxylation sites is 1. The molecule has 1 aromatic carbocycles. The molecule has 1 fully saturated rings. The molecule has 6 heteroatoms. The minimum atomic E-state index is -0.840. The van der Waals surface area contributed by atoms with E-state index < -0.39 is 5.60 Å². The molecule has 2 N–H and O–H groups in total. The maximum atomic E-state index is 12.1. The van der Waals surface area contributed by atoms with Gasteiger partial charge in [-0.3, -0.25) is 4.79 Å². The Labute approximate surface area is 139 Å². The number of aromatic nitrogens is 1. The first kappa shape index (κ1) is 16.0. The molecule has 23 heavy (non-hydrogen) atoms. The zero-order valence-electron chi connectivity index (χ0n) is 13.0. The molecule has 5 nitrogen and oxygen atoms in total. The largest absolute Gasteiger partial charge is 0.496 e. The second-order valence-corrected chi connectivity index (χ2v) is 6.75. The number of hydrogen-bond acceptors (Lipinski definition) is 5. The van der Waals surface area contributed by atoms with Crippen LogP contribution in [0.25, 0.3) is 11.3 Å². The fourth-order valence-corrected chi connectivity index (χ4v) is 3.71. The van der Waals surface area contributed by atoms with Gasteiger partial charge in [0.1, 0.15) is 5.75 Å². The van der Waals surface area contributed by atoms with Gasteiger partial charge >= 0.3 is 0 Å². The van der Waals surface area contributed by atoms with E-state index in [4.69, 9.17) is 4.74 Å². The number of anilines is 1. The standard InChI is InChI=1S/C17H20N2O3S/c1-22-14-7-3-2-6-12(14)13-11-23-16(18-13)19-15(20)10-17(21)8-4-5-9-17/h2-3,6-7,11,21H,4-5,8-10H2,1H3,(H,18,19,20). The molecule has 0 spiro atoms. The lowest BCUT2D eigenvalue weighted by molar-refractivity contribution is -0.120. The van der Waals surface area contributed by atoms with Crippen LogP contribution in [0.3, 0.4) is 0 Å². The molecule has 3 rings (SSSR count). The van der Waals surface area contributed by atoms with Gasteiger partial charge in [0.15, 0.2) is 5.13 Å².